The summed E-state index contributed by atoms with van der Waals surface area (Å²) in [5.74, 6) is -0.619. The largest absolute Gasteiger partial charge is 0.416 e. The number of hydrogen-bond donors (Lipinski definition) is 1. The first-order chi connectivity index (χ1) is 15.2. The molecule has 0 saturated heterocycles. The van der Waals surface area contributed by atoms with Gasteiger partial charge >= 0.3 is 6.18 Å². The first-order valence-electron chi connectivity index (χ1n) is 10.1. The van der Waals surface area contributed by atoms with Crippen molar-refractivity contribution in [2.45, 2.75) is 25.1 Å². The van der Waals surface area contributed by atoms with Crippen LogP contribution in [0.25, 0.3) is 33.4 Å². The van der Waals surface area contributed by atoms with E-state index in [1.165, 1.54) is 12.1 Å². The molecule has 1 fully saturated rings. The highest BCUT2D eigenvalue weighted by molar-refractivity contribution is 6.18. The van der Waals surface area contributed by atoms with E-state index in [-0.39, 0.29) is 5.57 Å². The molecular weight excluding hydrogens is 417 g/mol. The van der Waals surface area contributed by atoms with Crippen LogP contribution in [-0.4, -0.2) is 20.0 Å². The molecule has 0 bridgehead atoms. The summed E-state index contributed by atoms with van der Waals surface area (Å²) in [7, 11) is 0. The van der Waals surface area contributed by atoms with E-state index in [9.17, 15) is 18.0 Å². The van der Waals surface area contributed by atoms with Crippen LogP contribution in [0.1, 0.15) is 30.0 Å². The molecule has 0 aliphatic heterocycles. The first kappa shape index (κ1) is 20.1. The third-order valence-corrected chi connectivity index (χ3v) is 5.77. The molecule has 2 aromatic carbocycles. The number of imidazole rings is 1. The fourth-order valence-corrected chi connectivity index (χ4v) is 3.84. The van der Waals surface area contributed by atoms with Gasteiger partial charge in [0.15, 0.2) is 0 Å². The van der Waals surface area contributed by atoms with E-state index in [4.69, 9.17) is 5.73 Å². The number of nitrogens with zero attached hydrogens (tertiary/aromatic N) is 3. The Morgan fingerprint density at radius 3 is 2.44 bits per heavy atom. The molecule has 5 rings (SSSR count). The van der Waals surface area contributed by atoms with Crippen molar-refractivity contribution in [1.29, 1.82) is 0 Å². The maximum atomic E-state index is 13.0. The van der Waals surface area contributed by atoms with Gasteiger partial charge in [-0.05, 0) is 54.8 Å². The van der Waals surface area contributed by atoms with Gasteiger partial charge in [-0.25, -0.2) is 4.98 Å². The predicted octanol–water partition coefficient (Wildman–Crippen LogP) is 5.35. The van der Waals surface area contributed by atoms with Crippen LogP contribution in [0.3, 0.4) is 0 Å². The van der Waals surface area contributed by atoms with Gasteiger partial charge in [-0.3, -0.25) is 4.79 Å². The number of halogens is 3. The maximum absolute atomic E-state index is 13.0. The Morgan fingerprint density at radius 1 is 1.09 bits per heavy atom. The smallest absolute Gasteiger partial charge is 0.366 e. The molecule has 0 unspecified atom stereocenters. The van der Waals surface area contributed by atoms with E-state index in [0.29, 0.717) is 17.3 Å². The van der Waals surface area contributed by atoms with Gasteiger partial charge in [-0.15, -0.1) is 0 Å². The summed E-state index contributed by atoms with van der Waals surface area (Å²) >= 11 is 0. The second-order valence-electron chi connectivity index (χ2n) is 7.97. The summed E-state index contributed by atoms with van der Waals surface area (Å²) in [5.41, 5.74) is 8.35. The molecule has 1 aliphatic carbocycles. The second-order valence-corrected chi connectivity index (χ2v) is 7.97. The van der Waals surface area contributed by atoms with E-state index in [1.54, 1.807) is 18.5 Å². The van der Waals surface area contributed by atoms with Crippen molar-refractivity contribution in [3.63, 3.8) is 0 Å². The Hall–Kier alpha value is -3.81. The zero-order valence-corrected chi connectivity index (χ0v) is 16.9. The van der Waals surface area contributed by atoms with Crippen molar-refractivity contribution < 1.29 is 18.0 Å². The molecule has 2 N–H and O–H groups in total. The quantitative estimate of drug-likeness (QED) is 0.429. The van der Waals surface area contributed by atoms with E-state index in [0.717, 1.165) is 47.1 Å². The normalized spacial score (nSPS) is 14.1. The molecule has 1 aliphatic rings. The first-order valence-corrected chi connectivity index (χ1v) is 10.1. The lowest BCUT2D eigenvalue weighted by Gasteiger charge is -2.10. The highest BCUT2D eigenvalue weighted by Gasteiger charge is 2.30. The van der Waals surface area contributed by atoms with Gasteiger partial charge < -0.3 is 14.9 Å². The van der Waals surface area contributed by atoms with Gasteiger partial charge in [0.1, 0.15) is 0 Å². The van der Waals surface area contributed by atoms with Crippen LogP contribution < -0.4 is 5.73 Å². The second kappa shape index (κ2) is 7.12. The van der Waals surface area contributed by atoms with Gasteiger partial charge in [0.2, 0.25) is 5.91 Å². The number of amides is 1. The molecule has 2 heterocycles. The van der Waals surface area contributed by atoms with E-state index in [1.807, 2.05) is 23.0 Å². The number of carbonyl (C=O) groups is 1. The lowest BCUT2D eigenvalue weighted by Crippen LogP contribution is -2.11. The minimum Gasteiger partial charge on any atom is -0.366 e. The van der Waals surface area contributed by atoms with Crippen LogP contribution >= 0.6 is 0 Å². The molecular formula is C24H19F3N4O. The average Bonchev–Trinajstić information content (AvgIpc) is 3.38. The number of aromatic nitrogens is 3. The molecule has 0 radical (unpaired) electrons. The molecule has 8 heteroatoms. The fourth-order valence-electron chi connectivity index (χ4n) is 3.84. The van der Waals surface area contributed by atoms with Gasteiger partial charge in [0, 0.05) is 40.6 Å². The van der Waals surface area contributed by atoms with Crippen LogP contribution in [0.4, 0.5) is 13.2 Å². The van der Waals surface area contributed by atoms with E-state index >= 15 is 0 Å². The summed E-state index contributed by atoms with van der Waals surface area (Å²) in [6, 6.07) is 10.8. The molecule has 0 atom stereocenters. The lowest BCUT2D eigenvalue weighted by atomic mass is 10.0. The van der Waals surface area contributed by atoms with Gasteiger partial charge in [-0.1, -0.05) is 12.6 Å². The van der Waals surface area contributed by atoms with Crippen LogP contribution in [0.5, 0.6) is 0 Å². The van der Waals surface area contributed by atoms with Crippen molar-refractivity contribution in [1.82, 2.24) is 14.1 Å². The molecule has 162 valence electrons. The molecule has 32 heavy (non-hydrogen) atoms. The van der Waals surface area contributed by atoms with Crippen molar-refractivity contribution >= 4 is 22.4 Å². The summed E-state index contributed by atoms with van der Waals surface area (Å²) in [4.78, 5) is 16.2. The van der Waals surface area contributed by atoms with Gasteiger partial charge in [0.25, 0.3) is 0 Å². The Labute approximate surface area is 181 Å². The summed E-state index contributed by atoms with van der Waals surface area (Å²) in [6.45, 7) is 3.76. The third kappa shape index (κ3) is 3.47. The summed E-state index contributed by atoms with van der Waals surface area (Å²) in [5, 5.41) is 0.797. The fraction of sp³-hybridized carbons (Fsp3) is 0.167. The maximum Gasteiger partial charge on any atom is 0.416 e. The number of rotatable bonds is 5. The van der Waals surface area contributed by atoms with Crippen molar-refractivity contribution in [3.8, 4) is 16.9 Å². The van der Waals surface area contributed by atoms with Crippen molar-refractivity contribution in [2.24, 2.45) is 5.73 Å². The monoisotopic (exact) mass is 436 g/mol. The number of alkyl halides is 3. The molecule has 4 aromatic rings. The van der Waals surface area contributed by atoms with Crippen molar-refractivity contribution in [2.75, 3.05) is 0 Å². The summed E-state index contributed by atoms with van der Waals surface area (Å²) < 4.78 is 42.9. The Bertz CT molecular complexity index is 1360. The average molecular weight is 436 g/mol. The zero-order chi connectivity index (χ0) is 22.6. The number of carbonyl (C=O) groups excluding carboxylic acids is 1. The van der Waals surface area contributed by atoms with Crippen LogP contribution in [0.2, 0.25) is 0 Å². The van der Waals surface area contributed by atoms with Crippen LogP contribution in [0.15, 0.2) is 67.8 Å². The SMILES string of the molecule is C=C(C(N)=O)c1ccc2c(c1)c(-c1cn(C3CC3)cn1)cn2-c1ccc(C(F)(F)F)cc1. The Balaban J connectivity index is 1.67. The molecule has 1 amide bonds. The Kier molecular flexibility index (Phi) is 4.47. The minimum absolute atomic E-state index is 0.184. The number of primary amides is 1. The topological polar surface area (TPSA) is 65.8 Å². The van der Waals surface area contributed by atoms with E-state index in [2.05, 4.69) is 16.1 Å². The van der Waals surface area contributed by atoms with Gasteiger partial charge in [-0.2, -0.15) is 13.2 Å². The predicted molar refractivity (Wildman–Crippen MR) is 116 cm³/mol. The third-order valence-electron chi connectivity index (χ3n) is 5.77. The van der Waals surface area contributed by atoms with Crippen molar-refractivity contribution in [3.05, 3.63) is 78.9 Å². The zero-order valence-electron chi connectivity index (χ0n) is 16.9. The highest BCUT2D eigenvalue weighted by Crippen LogP contribution is 2.38. The summed E-state index contributed by atoms with van der Waals surface area (Å²) in [6.07, 6.45) is 3.45. The number of hydrogen-bond acceptors (Lipinski definition) is 2. The molecule has 1 saturated carbocycles. The molecule has 0 spiro atoms. The van der Waals surface area contributed by atoms with E-state index < -0.39 is 17.6 Å². The highest BCUT2D eigenvalue weighted by atomic mass is 19.4. The Morgan fingerprint density at radius 2 is 1.81 bits per heavy atom. The molecule has 2 aromatic heterocycles. The standard InChI is InChI=1S/C24H19F3N4O/c1-14(23(28)32)15-2-9-22-19(10-15)20(21-12-30(13-29-21)17-7-8-17)11-31(22)18-5-3-16(4-6-18)24(25,26)27/h2-6,9-13,17H,1,7-8H2,(H2,28,32). The lowest BCUT2D eigenvalue weighted by molar-refractivity contribution is -0.137. The number of fused-ring (bicyclic) bond motifs is 1. The number of nitrogens with two attached hydrogens (primary N) is 1. The minimum atomic E-state index is -4.40. The van der Waals surface area contributed by atoms with Crippen LogP contribution in [-0.2, 0) is 11.0 Å². The van der Waals surface area contributed by atoms with Crippen LogP contribution in [0, 0.1) is 0 Å². The number of benzene rings is 2. The molecule has 5 nitrogen and oxygen atoms in total. The van der Waals surface area contributed by atoms with Gasteiger partial charge in [0.05, 0.1) is 23.1 Å².